The SMILES string of the molecule is Cc1nc(C(C)NC(CO)c2ccccc2)c(C)s1. The van der Waals surface area contributed by atoms with E-state index in [9.17, 15) is 5.11 Å². The highest BCUT2D eigenvalue weighted by Gasteiger charge is 2.18. The molecule has 0 saturated heterocycles. The molecule has 0 aliphatic carbocycles. The van der Waals surface area contributed by atoms with E-state index in [1.54, 1.807) is 11.3 Å². The summed E-state index contributed by atoms with van der Waals surface area (Å²) in [4.78, 5) is 5.80. The third-order valence-electron chi connectivity index (χ3n) is 3.19. The fourth-order valence-corrected chi connectivity index (χ4v) is 3.18. The Hall–Kier alpha value is -1.23. The Bertz CT molecular complexity index is 524. The van der Waals surface area contributed by atoms with Gasteiger partial charge in [0.1, 0.15) is 0 Å². The fourth-order valence-electron chi connectivity index (χ4n) is 2.27. The summed E-state index contributed by atoms with van der Waals surface area (Å²) in [5.74, 6) is 0. The molecule has 1 aromatic heterocycles. The van der Waals surface area contributed by atoms with Gasteiger partial charge in [-0.2, -0.15) is 0 Å². The molecule has 2 rings (SSSR count). The van der Waals surface area contributed by atoms with Crippen molar-refractivity contribution in [2.75, 3.05) is 6.61 Å². The van der Waals surface area contributed by atoms with Crippen LogP contribution >= 0.6 is 11.3 Å². The van der Waals surface area contributed by atoms with Crippen molar-refractivity contribution in [1.29, 1.82) is 0 Å². The molecule has 0 fully saturated rings. The van der Waals surface area contributed by atoms with Crippen LogP contribution in [0.5, 0.6) is 0 Å². The average Bonchev–Trinajstić information content (AvgIpc) is 2.76. The highest BCUT2D eigenvalue weighted by atomic mass is 32.1. The maximum absolute atomic E-state index is 9.57. The van der Waals surface area contributed by atoms with Crippen molar-refractivity contribution in [3.63, 3.8) is 0 Å². The molecule has 0 bridgehead atoms. The predicted octanol–water partition coefficient (Wildman–Crippen LogP) is 3.14. The molecule has 0 amide bonds. The molecule has 1 heterocycles. The maximum atomic E-state index is 9.57. The second-order valence-corrected chi connectivity index (χ2v) is 6.12. The van der Waals surface area contributed by atoms with Gasteiger partial charge in [0.25, 0.3) is 0 Å². The molecule has 0 radical (unpaired) electrons. The maximum Gasteiger partial charge on any atom is 0.0900 e. The largest absolute Gasteiger partial charge is 0.394 e. The Morgan fingerprint density at radius 2 is 1.95 bits per heavy atom. The smallest absolute Gasteiger partial charge is 0.0900 e. The normalized spacial score (nSPS) is 14.3. The predicted molar refractivity (Wildman–Crippen MR) is 79.4 cm³/mol. The van der Waals surface area contributed by atoms with E-state index in [0.29, 0.717) is 0 Å². The first-order valence-corrected chi connectivity index (χ1v) is 7.29. The molecular weight excluding hydrogens is 256 g/mol. The summed E-state index contributed by atoms with van der Waals surface area (Å²) >= 11 is 1.71. The van der Waals surface area contributed by atoms with Gasteiger partial charge in [-0.3, -0.25) is 5.32 Å². The van der Waals surface area contributed by atoms with Gasteiger partial charge in [-0.15, -0.1) is 11.3 Å². The minimum absolute atomic E-state index is 0.0578. The molecular formula is C15H20N2OS. The molecule has 4 heteroatoms. The first-order valence-electron chi connectivity index (χ1n) is 6.47. The van der Waals surface area contributed by atoms with Crippen LogP contribution in [-0.4, -0.2) is 16.7 Å². The molecule has 0 aliphatic heterocycles. The molecule has 19 heavy (non-hydrogen) atoms. The lowest BCUT2D eigenvalue weighted by Gasteiger charge is -2.21. The molecule has 1 aromatic carbocycles. The van der Waals surface area contributed by atoms with Crippen molar-refractivity contribution in [2.45, 2.75) is 32.9 Å². The van der Waals surface area contributed by atoms with E-state index in [0.717, 1.165) is 16.3 Å². The van der Waals surface area contributed by atoms with Crippen molar-refractivity contribution >= 4 is 11.3 Å². The number of aliphatic hydroxyl groups excluding tert-OH is 1. The van der Waals surface area contributed by atoms with Crippen LogP contribution < -0.4 is 5.32 Å². The lowest BCUT2D eigenvalue weighted by Crippen LogP contribution is -2.27. The summed E-state index contributed by atoms with van der Waals surface area (Å²) in [5, 5.41) is 14.1. The number of aromatic nitrogens is 1. The lowest BCUT2D eigenvalue weighted by molar-refractivity contribution is 0.235. The summed E-state index contributed by atoms with van der Waals surface area (Å²) in [6.07, 6.45) is 0. The van der Waals surface area contributed by atoms with Crippen LogP contribution in [0.1, 0.15) is 40.1 Å². The number of benzene rings is 1. The van der Waals surface area contributed by atoms with Gasteiger partial charge in [-0.25, -0.2) is 4.98 Å². The summed E-state index contributed by atoms with van der Waals surface area (Å²) in [6, 6.07) is 10.1. The van der Waals surface area contributed by atoms with Crippen LogP contribution in [0.2, 0.25) is 0 Å². The Morgan fingerprint density at radius 3 is 2.47 bits per heavy atom. The van der Waals surface area contributed by atoms with Crippen molar-refractivity contribution < 1.29 is 5.11 Å². The number of hydrogen-bond donors (Lipinski definition) is 2. The van der Waals surface area contributed by atoms with Gasteiger partial charge in [0.05, 0.1) is 23.4 Å². The number of nitrogens with zero attached hydrogens (tertiary/aromatic N) is 1. The first kappa shape index (κ1) is 14.2. The van der Waals surface area contributed by atoms with Crippen LogP contribution in [0, 0.1) is 13.8 Å². The Labute approximate surface area is 118 Å². The first-order chi connectivity index (χ1) is 9.11. The van der Waals surface area contributed by atoms with Crippen molar-refractivity contribution in [1.82, 2.24) is 10.3 Å². The number of aryl methyl sites for hydroxylation is 2. The van der Waals surface area contributed by atoms with Gasteiger partial charge in [0.2, 0.25) is 0 Å². The number of nitrogens with one attached hydrogen (secondary N) is 1. The second kappa shape index (κ2) is 6.28. The molecule has 2 N–H and O–H groups in total. The van der Waals surface area contributed by atoms with E-state index in [2.05, 4.69) is 24.1 Å². The van der Waals surface area contributed by atoms with E-state index in [4.69, 9.17) is 0 Å². The number of aliphatic hydroxyl groups is 1. The molecule has 0 saturated carbocycles. The molecule has 2 aromatic rings. The highest BCUT2D eigenvalue weighted by molar-refractivity contribution is 7.11. The molecule has 0 spiro atoms. The number of hydrogen-bond acceptors (Lipinski definition) is 4. The zero-order valence-corrected chi connectivity index (χ0v) is 12.4. The van der Waals surface area contributed by atoms with E-state index >= 15 is 0 Å². The number of thiazole rings is 1. The van der Waals surface area contributed by atoms with Crippen LogP contribution in [-0.2, 0) is 0 Å². The molecule has 2 unspecified atom stereocenters. The molecule has 0 aliphatic rings. The monoisotopic (exact) mass is 276 g/mol. The van der Waals surface area contributed by atoms with Crippen LogP contribution in [0.15, 0.2) is 30.3 Å². The summed E-state index contributed by atoms with van der Waals surface area (Å²) in [5.41, 5.74) is 2.18. The summed E-state index contributed by atoms with van der Waals surface area (Å²) in [6.45, 7) is 6.28. The Kier molecular flexibility index (Phi) is 4.69. The van der Waals surface area contributed by atoms with Crippen molar-refractivity contribution in [2.24, 2.45) is 0 Å². The second-order valence-electron chi connectivity index (χ2n) is 4.71. The third kappa shape index (κ3) is 3.41. The van der Waals surface area contributed by atoms with E-state index in [1.807, 2.05) is 37.3 Å². The van der Waals surface area contributed by atoms with Crippen LogP contribution in [0.25, 0.3) is 0 Å². The van der Waals surface area contributed by atoms with Crippen LogP contribution in [0.4, 0.5) is 0 Å². The van der Waals surface area contributed by atoms with Crippen LogP contribution in [0.3, 0.4) is 0 Å². The van der Waals surface area contributed by atoms with Gasteiger partial charge < -0.3 is 5.11 Å². The minimum Gasteiger partial charge on any atom is -0.394 e. The van der Waals surface area contributed by atoms with Gasteiger partial charge in [-0.1, -0.05) is 30.3 Å². The van der Waals surface area contributed by atoms with Crippen molar-refractivity contribution in [3.05, 3.63) is 51.5 Å². The zero-order valence-electron chi connectivity index (χ0n) is 11.6. The van der Waals surface area contributed by atoms with Crippen molar-refractivity contribution in [3.8, 4) is 0 Å². The lowest BCUT2D eigenvalue weighted by atomic mass is 10.1. The van der Waals surface area contributed by atoms with Gasteiger partial charge >= 0.3 is 0 Å². The molecule has 3 nitrogen and oxygen atoms in total. The summed E-state index contributed by atoms with van der Waals surface area (Å²) < 4.78 is 0. The van der Waals surface area contributed by atoms with E-state index < -0.39 is 0 Å². The number of rotatable bonds is 5. The van der Waals surface area contributed by atoms with Gasteiger partial charge in [0.15, 0.2) is 0 Å². The highest BCUT2D eigenvalue weighted by Crippen LogP contribution is 2.25. The van der Waals surface area contributed by atoms with Gasteiger partial charge in [-0.05, 0) is 26.3 Å². The minimum atomic E-state index is -0.0578. The molecule has 102 valence electrons. The fraction of sp³-hybridized carbons (Fsp3) is 0.400. The van der Waals surface area contributed by atoms with E-state index in [1.165, 1.54) is 4.88 Å². The summed E-state index contributed by atoms with van der Waals surface area (Å²) in [7, 11) is 0. The topological polar surface area (TPSA) is 45.2 Å². The standard InChI is InChI=1S/C15H20N2OS/c1-10(15-11(2)19-12(3)17-15)16-14(9-18)13-7-5-4-6-8-13/h4-8,10,14,16,18H,9H2,1-3H3. The van der Waals surface area contributed by atoms with E-state index in [-0.39, 0.29) is 18.7 Å². The Morgan fingerprint density at radius 1 is 1.26 bits per heavy atom. The average molecular weight is 276 g/mol. The van der Waals surface area contributed by atoms with Gasteiger partial charge in [0, 0.05) is 10.9 Å². The molecule has 2 atom stereocenters. The quantitative estimate of drug-likeness (QED) is 0.882. The third-order valence-corrected chi connectivity index (χ3v) is 4.09. The Balaban J connectivity index is 2.13. The zero-order chi connectivity index (χ0) is 13.8.